The third-order valence-electron chi connectivity index (χ3n) is 4.44. The summed E-state index contributed by atoms with van der Waals surface area (Å²) in [5.74, 6) is 2.49. The second kappa shape index (κ2) is 12.9. The van der Waals surface area contributed by atoms with Crippen LogP contribution in [0.25, 0.3) is 0 Å². The first kappa shape index (κ1) is 25.5. The first-order valence-corrected chi connectivity index (χ1v) is 11.2. The Hall–Kier alpha value is -3.17. The molecule has 10 heteroatoms. The molecule has 0 radical (unpaired) electrons. The summed E-state index contributed by atoms with van der Waals surface area (Å²) in [5, 5.41) is 24.2. The number of rotatable bonds is 12. The maximum atomic E-state index is 10.2. The fourth-order valence-corrected chi connectivity index (χ4v) is 3.06. The fourth-order valence-electron chi connectivity index (χ4n) is 2.81. The van der Waals surface area contributed by atoms with Gasteiger partial charge in [0.1, 0.15) is 30.0 Å². The van der Waals surface area contributed by atoms with E-state index in [-0.39, 0.29) is 12.6 Å². The molecule has 0 saturated carbocycles. The zero-order valence-corrected chi connectivity index (χ0v) is 19.8. The molecule has 180 valence electrons. The highest BCUT2D eigenvalue weighted by atomic mass is 35.5. The highest BCUT2D eigenvalue weighted by Gasteiger charge is 2.12. The average Bonchev–Trinajstić information content (AvgIpc) is 2.81. The van der Waals surface area contributed by atoms with Gasteiger partial charge in [-0.05, 0) is 60.7 Å². The minimum Gasteiger partial charge on any atom is -0.491 e. The van der Waals surface area contributed by atoms with E-state index in [1.807, 2.05) is 0 Å². The van der Waals surface area contributed by atoms with Crippen LogP contribution in [0.5, 0.6) is 28.7 Å². The maximum Gasteiger partial charge on any atom is 0.185 e. The number of nitrogens with two attached hydrogens (primary N) is 1. The van der Waals surface area contributed by atoms with Crippen LogP contribution in [0.4, 0.5) is 0 Å². The first-order chi connectivity index (χ1) is 16.4. The normalized spacial score (nSPS) is 11.5. The summed E-state index contributed by atoms with van der Waals surface area (Å²) in [6.07, 6.45) is -0.733. The quantitative estimate of drug-likeness (QED) is 0.141. The molecule has 3 aromatic rings. The number of hydrogen-bond acceptors (Lipinski definition) is 6. The predicted molar refractivity (Wildman–Crippen MR) is 134 cm³/mol. The Labute approximate surface area is 208 Å². The van der Waals surface area contributed by atoms with E-state index in [2.05, 4.69) is 10.6 Å². The number of halogens is 2. The van der Waals surface area contributed by atoms with E-state index in [0.717, 1.165) is 0 Å². The van der Waals surface area contributed by atoms with Crippen LogP contribution in [0.15, 0.2) is 66.7 Å². The van der Waals surface area contributed by atoms with Gasteiger partial charge in [0.15, 0.2) is 17.5 Å². The first-order valence-electron chi connectivity index (χ1n) is 10.5. The molecule has 1 atom stereocenters. The van der Waals surface area contributed by atoms with Crippen LogP contribution in [-0.2, 0) is 0 Å². The van der Waals surface area contributed by atoms with Crippen molar-refractivity contribution in [2.75, 3.05) is 26.2 Å². The Bertz CT molecular complexity index is 1070. The van der Waals surface area contributed by atoms with Crippen molar-refractivity contribution in [3.8, 4) is 28.7 Å². The second-order valence-corrected chi connectivity index (χ2v) is 8.10. The van der Waals surface area contributed by atoms with E-state index in [9.17, 15) is 5.11 Å². The predicted octanol–water partition coefficient (Wildman–Crippen LogP) is 4.39. The van der Waals surface area contributed by atoms with Gasteiger partial charge in [-0.2, -0.15) is 0 Å². The van der Waals surface area contributed by atoms with Gasteiger partial charge in [-0.15, -0.1) is 0 Å². The summed E-state index contributed by atoms with van der Waals surface area (Å²) in [4.78, 5) is 0. The van der Waals surface area contributed by atoms with E-state index in [0.29, 0.717) is 58.4 Å². The van der Waals surface area contributed by atoms with Crippen molar-refractivity contribution in [2.24, 2.45) is 5.73 Å². The van der Waals surface area contributed by atoms with Crippen LogP contribution < -0.4 is 30.6 Å². The smallest absolute Gasteiger partial charge is 0.185 e. The van der Waals surface area contributed by atoms with Gasteiger partial charge in [0, 0.05) is 35.7 Å². The van der Waals surface area contributed by atoms with E-state index < -0.39 is 6.10 Å². The van der Waals surface area contributed by atoms with Gasteiger partial charge in [-0.1, -0.05) is 23.2 Å². The lowest BCUT2D eigenvalue weighted by molar-refractivity contribution is 0.106. The van der Waals surface area contributed by atoms with Gasteiger partial charge in [-0.25, -0.2) is 0 Å². The molecule has 0 fully saturated rings. The topological polar surface area (TPSA) is 122 Å². The third kappa shape index (κ3) is 8.64. The fraction of sp³-hybridized carbons (Fsp3) is 0.208. The molecular formula is C24H26Cl2N4O4. The summed E-state index contributed by atoms with van der Waals surface area (Å²) in [5.41, 5.74) is 5.22. The Balaban J connectivity index is 1.65. The molecule has 0 spiro atoms. The van der Waals surface area contributed by atoms with Gasteiger partial charge in [0.2, 0.25) is 0 Å². The minimum absolute atomic E-state index is 0.0743. The highest BCUT2D eigenvalue weighted by Crippen LogP contribution is 2.38. The van der Waals surface area contributed by atoms with E-state index in [4.69, 9.17) is 48.6 Å². The monoisotopic (exact) mass is 504 g/mol. The van der Waals surface area contributed by atoms with Gasteiger partial charge < -0.3 is 35.7 Å². The molecule has 8 nitrogen and oxygen atoms in total. The molecule has 0 heterocycles. The van der Waals surface area contributed by atoms with Crippen molar-refractivity contribution >= 4 is 29.2 Å². The molecule has 3 aromatic carbocycles. The van der Waals surface area contributed by atoms with Crippen molar-refractivity contribution in [2.45, 2.75) is 6.10 Å². The Morgan fingerprint density at radius 3 is 2.00 bits per heavy atom. The van der Waals surface area contributed by atoms with Crippen LogP contribution in [0.3, 0.4) is 0 Å². The number of hydrogen-bond donors (Lipinski definition) is 5. The molecule has 0 aliphatic carbocycles. The average molecular weight is 505 g/mol. The lowest BCUT2D eigenvalue weighted by Crippen LogP contribution is -2.39. The molecule has 0 aliphatic heterocycles. The van der Waals surface area contributed by atoms with Crippen LogP contribution in [0.1, 0.15) is 0 Å². The number of nitrogens with one attached hydrogen (secondary N) is 3. The summed E-state index contributed by atoms with van der Waals surface area (Å²) in [6.45, 7) is 1.44. The van der Waals surface area contributed by atoms with E-state index >= 15 is 0 Å². The Morgan fingerprint density at radius 2 is 1.41 bits per heavy atom. The van der Waals surface area contributed by atoms with Gasteiger partial charge in [0.05, 0.1) is 0 Å². The van der Waals surface area contributed by atoms with Crippen molar-refractivity contribution in [1.29, 1.82) is 5.41 Å². The Morgan fingerprint density at radius 1 is 0.853 bits per heavy atom. The molecule has 6 N–H and O–H groups in total. The van der Waals surface area contributed by atoms with Gasteiger partial charge in [-0.3, -0.25) is 5.41 Å². The van der Waals surface area contributed by atoms with E-state index in [1.54, 1.807) is 66.7 Å². The summed E-state index contributed by atoms with van der Waals surface area (Å²) < 4.78 is 17.7. The standard InChI is InChI=1S/C24H26Cl2N4O4/c25-16-1-5-19(6-2-16)33-22-10-9-21(13-23(22)34-20-7-3-17(26)4-8-20)32-15-18(31)14-29-11-12-30-24(27)28/h1-10,13,18,29,31H,11-12,14-15H2,(H4,27,28,30). The number of aliphatic hydroxyl groups is 1. The van der Waals surface area contributed by atoms with Gasteiger partial charge in [0.25, 0.3) is 0 Å². The Kier molecular flexibility index (Phi) is 9.66. The van der Waals surface area contributed by atoms with Crippen molar-refractivity contribution in [3.05, 3.63) is 76.8 Å². The van der Waals surface area contributed by atoms with Gasteiger partial charge >= 0.3 is 0 Å². The number of benzene rings is 3. The summed E-state index contributed by atoms with van der Waals surface area (Å²) in [7, 11) is 0. The second-order valence-electron chi connectivity index (χ2n) is 7.23. The van der Waals surface area contributed by atoms with Crippen LogP contribution in [-0.4, -0.2) is 43.4 Å². The molecule has 0 aliphatic rings. The molecule has 0 aromatic heterocycles. The molecule has 3 rings (SSSR count). The van der Waals surface area contributed by atoms with Crippen molar-refractivity contribution in [3.63, 3.8) is 0 Å². The molecule has 0 amide bonds. The SMILES string of the molecule is N=C(N)NCCNCC(O)COc1ccc(Oc2ccc(Cl)cc2)c(Oc2ccc(Cl)cc2)c1. The zero-order chi connectivity index (χ0) is 24.3. The molecule has 0 saturated heterocycles. The lowest BCUT2D eigenvalue weighted by atomic mass is 10.2. The zero-order valence-electron chi connectivity index (χ0n) is 18.3. The van der Waals surface area contributed by atoms with Crippen molar-refractivity contribution < 1.29 is 19.3 Å². The molecular weight excluding hydrogens is 479 g/mol. The maximum absolute atomic E-state index is 10.2. The minimum atomic E-state index is -0.733. The lowest BCUT2D eigenvalue weighted by Gasteiger charge is -2.16. The van der Waals surface area contributed by atoms with Crippen molar-refractivity contribution in [1.82, 2.24) is 10.6 Å². The molecule has 34 heavy (non-hydrogen) atoms. The number of ether oxygens (including phenoxy) is 3. The van der Waals surface area contributed by atoms with Crippen LogP contribution in [0.2, 0.25) is 10.0 Å². The van der Waals surface area contributed by atoms with Crippen LogP contribution in [0, 0.1) is 5.41 Å². The molecule has 0 bridgehead atoms. The van der Waals surface area contributed by atoms with E-state index in [1.165, 1.54) is 0 Å². The largest absolute Gasteiger partial charge is 0.491 e. The summed E-state index contributed by atoms with van der Waals surface area (Å²) in [6, 6.07) is 19.1. The third-order valence-corrected chi connectivity index (χ3v) is 4.94. The molecule has 1 unspecified atom stereocenters. The number of aliphatic hydroxyl groups excluding tert-OH is 1. The van der Waals surface area contributed by atoms with Crippen LogP contribution >= 0.6 is 23.2 Å². The summed E-state index contributed by atoms with van der Waals surface area (Å²) >= 11 is 11.9. The number of guanidine groups is 1. The highest BCUT2D eigenvalue weighted by molar-refractivity contribution is 6.30.